The maximum Gasteiger partial charge on any atom is 0.259 e. The highest BCUT2D eigenvalue weighted by atomic mass is 16.5. The Bertz CT molecular complexity index is 747. The van der Waals surface area contributed by atoms with Crippen LogP contribution in [0.25, 0.3) is 0 Å². The van der Waals surface area contributed by atoms with Crippen molar-refractivity contribution in [3.05, 3.63) is 35.0 Å². The third-order valence-corrected chi connectivity index (χ3v) is 4.95. The number of ether oxygens (including phenoxy) is 1. The molecule has 1 fully saturated rings. The van der Waals surface area contributed by atoms with Crippen LogP contribution in [-0.2, 0) is 18.2 Å². The van der Waals surface area contributed by atoms with E-state index < -0.39 is 0 Å². The van der Waals surface area contributed by atoms with Gasteiger partial charge in [-0.3, -0.25) is 9.48 Å². The van der Waals surface area contributed by atoms with Gasteiger partial charge in [-0.1, -0.05) is 5.16 Å². The van der Waals surface area contributed by atoms with Gasteiger partial charge in [0.2, 0.25) is 0 Å². The molecule has 2 aromatic heterocycles. The minimum Gasteiger partial charge on any atom is -0.379 e. The molecule has 7 nitrogen and oxygen atoms in total. The Morgan fingerprint density at radius 3 is 2.92 bits per heavy atom. The molecule has 1 aliphatic heterocycles. The van der Waals surface area contributed by atoms with Crippen molar-refractivity contribution in [3.8, 4) is 0 Å². The van der Waals surface area contributed by atoms with Crippen LogP contribution in [0.3, 0.4) is 0 Å². The van der Waals surface area contributed by atoms with E-state index in [1.54, 1.807) is 6.92 Å². The first-order valence-corrected chi connectivity index (χ1v) is 8.46. The molecule has 2 aromatic rings. The lowest BCUT2D eigenvalue weighted by atomic mass is 9.99. The standard InChI is InChI=1S/C17H22N4O3/c1-11-14(8-19-24-11)17(22)21-6-5-13-7-18-20(2)16(13)15(21)10-23-9-12-3-4-12/h7-8,12,15H,3-6,9-10H2,1-2H3/t15-/m0/s1. The highest BCUT2D eigenvalue weighted by Crippen LogP contribution is 2.33. The number of hydrogen-bond donors (Lipinski definition) is 0. The molecule has 1 atom stereocenters. The maximum absolute atomic E-state index is 13.0. The average molecular weight is 330 g/mol. The van der Waals surface area contributed by atoms with Crippen molar-refractivity contribution in [2.45, 2.75) is 32.2 Å². The summed E-state index contributed by atoms with van der Waals surface area (Å²) in [5.41, 5.74) is 2.79. The van der Waals surface area contributed by atoms with Gasteiger partial charge in [-0.25, -0.2) is 0 Å². The summed E-state index contributed by atoms with van der Waals surface area (Å²) >= 11 is 0. The normalized spacial score (nSPS) is 20.2. The van der Waals surface area contributed by atoms with Crippen molar-refractivity contribution in [1.29, 1.82) is 0 Å². The van der Waals surface area contributed by atoms with Crippen LogP contribution in [0.15, 0.2) is 16.9 Å². The Morgan fingerprint density at radius 1 is 1.38 bits per heavy atom. The first-order chi connectivity index (χ1) is 11.6. The molecule has 24 heavy (non-hydrogen) atoms. The van der Waals surface area contributed by atoms with Crippen molar-refractivity contribution in [1.82, 2.24) is 19.8 Å². The van der Waals surface area contributed by atoms with Gasteiger partial charge in [0, 0.05) is 20.2 Å². The number of rotatable bonds is 5. The van der Waals surface area contributed by atoms with Gasteiger partial charge in [0.05, 0.1) is 30.7 Å². The molecule has 1 saturated carbocycles. The monoisotopic (exact) mass is 330 g/mol. The number of carbonyl (C=O) groups is 1. The van der Waals surface area contributed by atoms with Crippen molar-refractivity contribution in [3.63, 3.8) is 0 Å². The van der Waals surface area contributed by atoms with E-state index in [0.29, 0.717) is 30.4 Å². The number of fused-ring (bicyclic) bond motifs is 1. The third kappa shape index (κ3) is 2.73. The average Bonchev–Trinajstić information content (AvgIpc) is 3.18. The smallest absolute Gasteiger partial charge is 0.259 e. The third-order valence-electron chi connectivity index (χ3n) is 4.95. The van der Waals surface area contributed by atoms with E-state index in [1.807, 2.05) is 22.8 Å². The molecule has 0 N–H and O–H groups in total. The molecule has 0 aromatic carbocycles. The second kappa shape index (κ2) is 6.05. The molecule has 2 aliphatic rings. The molecule has 0 bridgehead atoms. The number of amides is 1. The molecule has 128 valence electrons. The molecule has 0 spiro atoms. The largest absolute Gasteiger partial charge is 0.379 e. The minimum atomic E-state index is -0.123. The van der Waals surface area contributed by atoms with E-state index in [0.717, 1.165) is 18.7 Å². The Kier molecular flexibility index (Phi) is 3.88. The molecular formula is C17H22N4O3. The first kappa shape index (κ1) is 15.4. The molecule has 4 rings (SSSR count). The van der Waals surface area contributed by atoms with E-state index >= 15 is 0 Å². The van der Waals surface area contributed by atoms with Gasteiger partial charge in [-0.05, 0) is 37.7 Å². The molecular weight excluding hydrogens is 308 g/mol. The number of hydrogen-bond acceptors (Lipinski definition) is 5. The predicted octanol–water partition coefficient (Wildman–Crippen LogP) is 1.88. The lowest BCUT2D eigenvalue weighted by Gasteiger charge is -2.35. The van der Waals surface area contributed by atoms with E-state index in [9.17, 15) is 4.79 Å². The molecule has 0 saturated heterocycles. The summed E-state index contributed by atoms with van der Waals surface area (Å²) in [4.78, 5) is 14.9. The second-order valence-corrected chi connectivity index (χ2v) is 6.72. The fraction of sp³-hybridized carbons (Fsp3) is 0.588. The van der Waals surface area contributed by atoms with E-state index in [-0.39, 0.29) is 11.9 Å². The number of aryl methyl sites for hydroxylation is 2. The first-order valence-electron chi connectivity index (χ1n) is 8.46. The summed E-state index contributed by atoms with van der Waals surface area (Å²) < 4.78 is 12.9. The van der Waals surface area contributed by atoms with Crippen molar-refractivity contribution in [2.75, 3.05) is 19.8 Å². The number of aromatic nitrogens is 3. The second-order valence-electron chi connectivity index (χ2n) is 6.72. The summed E-state index contributed by atoms with van der Waals surface area (Å²) in [6.45, 7) is 3.69. The van der Waals surface area contributed by atoms with E-state index in [2.05, 4.69) is 10.3 Å². The fourth-order valence-electron chi connectivity index (χ4n) is 3.36. The van der Waals surface area contributed by atoms with Crippen molar-refractivity contribution in [2.24, 2.45) is 13.0 Å². The zero-order valence-corrected chi connectivity index (χ0v) is 14.1. The quantitative estimate of drug-likeness (QED) is 0.837. The molecule has 0 radical (unpaired) electrons. The van der Waals surface area contributed by atoms with Gasteiger partial charge in [0.15, 0.2) is 0 Å². The Hall–Kier alpha value is -2.15. The van der Waals surface area contributed by atoms with Crippen LogP contribution < -0.4 is 0 Å². The number of carbonyl (C=O) groups excluding carboxylic acids is 1. The van der Waals surface area contributed by atoms with Gasteiger partial charge in [-0.2, -0.15) is 5.10 Å². The van der Waals surface area contributed by atoms with Gasteiger partial charge in [-0.15, -0.1) is 0 Å². The Morgan fingerprint density at radius 2 is 2.21 bits per heavy atom. The van der Waals surface area contributed by atoms with Gasteiger partial charge in [0.25, 0.3) is 5.91 Å². The molecule has 0 unspecified atom stereocenters. The zero-order valence-electron chi connectivity index (χ0n) is 14.1. The molecule has 1 amide bonds. The SMILES string of the molecule is Cc1oncc1C(=O)N1CCc2cnn(C)c2[C@@H]1COCC1CC1. The van der Waals surface area contributed by atoms with Crippen LogP contribution in [0.5, 0.6) is 0 Å². The van der Waals surface area contributed by atoms with Gasteiger partial charge >= 0.3 is 0 Å². The van der Waals surface area contributed by atoms with Crippen LogP contribution in [0, 0.1) is 12.8 Å². The van der Waals surface area contributed by atoms with Crippen LogP contribution in [0.1, 0.15) is 46.3 Å². The predicted molar refractivity (Wildman–Crippen MR) is 85.5 cm³/mol. The topological polar surface area (TPSA) is 73.4 Å². The van der Waals surface area contributed by atoms with E-state index in [1.165, 1.54) is 24.6 Å². The van der Waals surface area contributed by atoms with Crippen LogP contribution in [-0.4, -0.2) is 45.5 Å². The summed E-state index contributed by atoms with van der Waals surface area (Å²) in [5.74, 6) is 1.19. The molecule has 7 heteroatoms. The van der Waals surface area contributed by atoms with Gasteiger partial charge in [0.1, 0.15) is 11.3 Å². The zero-order chi connectivity index (χ0) is 16.7. The molecule has 3 heterocycles. The Labute approximate surface area is 140 Å². The van der Waals surface area contributed by atoms with Crippen LogP contribution in [0.2, 0.25) is 0 Å². The summed E-state index contributed by atoms with van der Waals surface area (Å²) in [6.07, 6.45) is 6.71. The van der Waals surface area contributed by atoms with Crippen LogP contribution in [0.4, 0.5) is 0 Å². The minimum absolute atomic E-state index is 0.0550. The fourth-order valence-corrected chi connectivity index (χ4v) is 3.36. The highest BCUT2D eigenvalue weighted by molar-refractivity contribution is 5.95. The highest BCUT2D eigenvalue weighted by Gasteiger charge is 2.35. The lowest BCUT2D eigenvalue weighted by molar-refractivity contribution is 0.0347. The van der Waals surface area contributed by atoms with Gasteiger partial charge < -0.3 is 14.2 Å². The lowest BCUT2D eigenvalue weighted by Crippen LogP contribution is -2.43. The summed E-state index contributed by atoms with van der Waals surface area (Å²) in [6, 6.07) is -0.123. The number of nitrogens with zero attached hydrogens (tertiary/aromatic N) is 4. The summed E-state index contributed by atoms with van der Waals surface area (Å²) in [5, 5.41) is 8.11. The van der Waals surface area contributed by atoms with Crippen molar-refractivity contribution >= 4 is 5.91 Å². The summed E-state index contributed by atoms with van der Waals surface area (Å²) in [7, 11) is 1.92. The Balaban J connectivity index is 1.60. The van der Waals surface area contributed by atoms with Crippen molar-refractivity contribution < 1.29 is 14.1 Å². The maximum atomic E-state index is 13.0. The van der Waals surface area contributed by atoms with Crippen LogP contribution >= 0.6 is 0 Å². The molecule has 1 aliphatic carbocycles. The van der Waals surface area contributed by atoms with E-state index in [4.69, 9.17) is 9.26 Å².